The number of aromatic nitrogens is 2. The fraction of sp³-hybridized carbons (Fsp3) is 0.0667. The van der Waals surface area contributed by atoms with Gasteiger partial charge in [0.1, 0.15) is 11.4 Å². The third-order valence-corrected chi connectivity index (χ3v) is 4.28. The van der Waals surface area contributed by atoms with Gasteiger partial charge < -0.3 is 5.11 Å². The summed E-state index contributed by atoms with van der Waals surface area (Å²) >= 11 is 6.99. The molecule has 0 aliphatic carbocycles. The fourth-order valence-corrected chi connectivity index (χ4v) is 3.08. The Morgan fingerprint density at radius 3 is 2.74 bits per heavy atom. The molecule has 0 aliphatic heterocycles. The molecule has 6 nitrogen and oxygen atoms in total. The number of pyridine rings is 1. The summed E-state index contributed by atoms with van der Waals surface area (Å²) in [7, 11) is 0. The van der Waals surface area contributed by atoms with E-state index >= 15 is 0 Å². The number of hydrogen-bond acceptors (Lipinski definition) is 5. The molecule has 3 aromatic rings. The van der Waals surface area contributed by atoms with Crippen molar-refractivity contribution in [2.75, 3.05) is 0 Å². The van der Waals surface area contributed by atoms with Gasteiger partial charge in [-0.3, -0.25) is 14.2 Å². The van der Waals surface area contributed by atoms with Crippen LogP contribution in [-0.2, 0) is 11.3 Å². The zero-order valence-corrected chi connectivity index (χ0v) is 13.2. The van der Waals surface area contributed by atoms with Crippen LogP contribution in [0.25, 0.3) is 10.2 Å². The van der Waals surface area contributed by atoms with Crippen LogP contribution < -0.4 is 10.4 Å². The summed E-state index contributed by atoms with van der Waals surface area (Å²) in [5.41, 5.74) is 0.140. The van der Waals surface area contributed by atoms with Crippen molar-refractivity contribution in [3.8, 4) is 0 Å². The van der Waals surface area contributed by atoms with Crippen molar-refractivity contribution in [1.82, 2.24) is 9.55 Å². The van der Waals surface area contributed by atoms with Crippen LogP contribution in [-0.4, -0.2) is 20.6 Å². The maximum atomic E-state index is 12.5. The second-order valence-electron chi connectivity index (χ2n) is 4.61. The molecular weight excluding hydrogens is 338 g/mol. The Bertz CT molecular complexity index is 1010. The number of carboxylic acids is 1. The Balaban J connectivity index is 2.31. The average Bonchev–Trinajstić information content (AvgIpc) is 2.53. The standard InChI is InChI=1S/C15H10ClN3O3S/c16-9-3-5-10(6-4-9)18-15-19(8-12(20)21)14(22)11-2-1-7-17-13(11)23-15/h1-7H,8H2,(H,20,21)/b18-15-. The Morgan fingerprint density at radius 2 is 2.04 bits per heavy atom. The number of fused-ring (bicyclic) bond motifs is 1. The van der Waals surface area contributed by atoms with Crippen molar-refractivity contribution < 1.29 is 9.90 Å². The number of aliphatic carboxylic acids is 1. The molecule has 2 heterocycles. The van der Waals surface area contributed by atoms with E-state index in [2.05, 4.69) is 9.98 Å². The quantitative estimate of drug-likeness (QED) is 0.788. The molecule has 0 aliphatic rings. The van der Waals surface area contributed by atoms with Gasteiger partial charge in [-0.05, 0) is 36.4 Å². The van der Waals surface area contributed by atoms with Gasteiger partial charge in [0.25, 0.3) is 5.56 Å². The molecule has 0 atom stereocenters. The van der Waals surface area contributed by atoms with Crippen LogP contribution in [0, 0.1) is 0 Å². The highest BCUT2D eigenvalue weighted by Crippen LogP contribution is 2.16. The van der Waals surface area contributed by atoms with Crippen molar-refractivity contribution in [2.45, 2.75) is 6.54 Å². The summed E-state index contributed by atoms with van der Waals surface area (Å²) in [4.78, 5) is 32.9. The third kappa shape index (κ3) is 3.30. The lowest BCUT2D eigenvalue weighted by atomic mass is 10.3. The fourth-order valence-electron chi connectivity index (χ4n) is 1.99. The minimum atomic E-state index is -1.12. The van der Waals surface area contributed by atoms with Crippen molar-refractivity contribution in [3.05, 3.63) is 62.8 Å². The van der Waals surface area contributed by atoms with Crippen molar-refractivity contribution in [3.63, 3.8) is 0 Å². The van der Waals surface area contributed by atoms with E-state index in [9.17, 15) is 9.59 Å². The smallest absolute Gasteiger partial charge is 0.323 e. The molecule has 0 amide bonds. The summed E-state index contributed by atoms with van der Waals surface area (Å²) in [6.45, 7) is -0.466. The normalized spacial score (nSPS) is 11.8. The highest BCUT2D eigenvalue weighted by Gasteiger charge is 2.10. The number of nitrogens with zero attached hydrogens (tertiary/aromatic N) is 3. The van der Waals surface area contributed by atoms with Crippen LogP contribution in [0.4, 0.5) is 5.69 Å². The number of benzene rings is 1. The third-order valence-electron chi connectivity index (χ3n) is 3.01. The van der Waals surface area contributed by atoms with Crippen LogP contribution in [0.5, 0.6) is 0 Å². The van der Waals surface area contributed by atoms with Gasteiger partial charge in [-0.2, -0.15) is 0 Å². The molecule has 116 valence electrons. The van der Waals surface area contributed by atoms with E-state index in [1.165, 1.54) is 0 Å². The number of hydrogen-bond donors (Lipinski definition) is 1. The zero-order chi connectivity index (χ0) is 16.4. The van der Waals surface area contributed by atoms with Crippen molar-refractivity contribution in [1.29, 1.82) is 0 Å². The Labute approximate surface area is 139 Å². The maximum Gasteiger partial charge on any atom is 0.323 e. The van der Waals surface area contributed by atoms with E-state index in [-0.39, 0.29) is 4.80 Å². The largest absolute Gasteiger partial charge is 0.480 e. The van der Waals surface area contributed by atoms with E-state index in [4.69, 9.17) is 16.7 Å². The van der Waals surface area contributed by atoms with Crippen molar-refractivity contribution in [2.24, 2.45) is 4.99 Å². The molecule has 0 saturated heterocycles. The summed E-state index contributed by atoms with van der Waals surface area (Å²) in [6.07, 6.45) is 1.58. The number of carboxylic acid groups (broad SMARTS) is 1. The first kappa shape index (κ1) is 15.4. The summed E-state index contributed by atoms with van der Waals surface area (Å²) < 4.78 is 1.13. The molecular formula is C15H10ClN3O3S. The van der Waals surface area contributed by atoms with Gasteiger partial charge >= 0.3 is 5.97 Å². The van der Waals surface area contributed by atoms with Crippen LogP contribution in [0.3, 0.4) is 0 Å². The molecule has 0 spiro atoms. The lowest BCUT2D eigenvalue weighted by Crippen LogP contribution is -2.34. The first-order valence-corrected chi connectivity index (χ1v) is 7.75. The molecule has 1 aromatic carbocycles. The first-order chi connectivity index (χ1) is 11.0. The Morgan fingerprint density at radius 1 is 1.30 bits per heavy atom. The Kier molecular flexibility index (Phi) is 4.22. The molecule has 0 radical (unpaired) electrons. The summed E-state index contributed by atoms with van der Waals surface area (Å²) in [5, 5.41) is 10.00. The predicted octanol–water partition coefficient (Wildman–Crippen LogP) is 2.43. The van der Waals surface area contributed by atoms with Crippen LogP contribution in [0.2, 0.25) is 5.02 Å². The van der Waals surface area contributed by atoms with Gasteiger partial charge in [-0.25, -0.2) is 9.98 Å². The predicted molar refractivity (Wildman–Crippen MR) is 88.2 cm³/mol. The molecule has 0 unspecified atom stereocenters. The maximum absolute atomic E-state index is 12.5. The summed E-state index contributed by atoms with van der Waals surface area (Å²) in [5.74, 6) is -1.12. The van der Waals surface area contributed by atoms with Gasteiger partial charge in [0, 0.05) is 11.2 Å². The first-order valence-electron chi connectivity index (χ1n) is 6.55. The Hall–Kier alpha value is -2.51. The molecule has 0 bridgehead atoms. The molecule has 3 rings (SSSR count). The van der Waals surface area contributed by atoms with E-state index in [1.54, 1.807) is 42.6 Å². The number of halogens is 1. The molecule has 23 heavy (non-hydrogen) atoms. The molecule has 2 aromatic heterocycles. The SMILES string of the molecule is O=C(O)Cn1c(=O)c2cccnc2s/c1=N\c1ccc(Cl)cc1. The van der Waals surface area contributed by atoms with Gasteiger partial charge in [-0.15, -0.1) is 0 Å². The molecule has 0 fully saturated rings. The number of carbonyl (C=O) groups is 1. The molecule has 1 N–H and O–H groups in total. The highest BCUT2D eigenvalue weighted by atomic mass is 35.5. The molecule has 0 saturated carbocycles. The van der Waals surface area contributed by atoms with Crippen LogP contribution in [0.1, 0.15) is 0 Å². The monoisotopic (exact) mass is 347 g/mol. The number of rotatable bonds is 3. The highest BCUT2D eigenvalue weighted by molar-refractivity contribution is 7.15. The van der Waals surface area contributed by atoms with Gasteiger partial charge in [0.15, 0.2) is 4.80 Å². The lowest BCUT2D eigenvalue weighted by Gasteiger charge is -2.05. The van der Waals surface area contributed by atoms with Gasteiger partial charge in [0.05, 0.1) is 11.1 Å². The summed E-state index contributed by atoms with van der Waals surface area (Å²) in [6, 6.07) is 9.97. The molecule has 8 heteroatoms. The van der Waals surface area contributed by atoms with Gasteiger partial charge in [-0.1, -0.05) is 22.9 Å². The average molecular weight is 348 g/mol. The van der Waals surface area contributed by atoms with Crippen molar-refractivity contribution >= 4 is 44.8 Å². The zero-order valence-electron chi connectivity index (χ0n) is 11.6. The van der Waals surface area contributed by atoms with E-state index in [0.29, 0.717) is 20.9 Å². The van der Waals surface area contributed by atoms with E-state index < -0.39 is 18.1 Å². The van der Waals surface area contributed by atoms with Gasteiger partial charge in [0.2, 0.25) is 0 Å². The minimum Gasteiger partial charge on any atom is -0.480 e. The van der Waals surface area contributed by atoms with Crippen LogP contribution >= 0.6 is 22.9 Å². The second-order valence-corrected chi connectivity index (χ2v) is 6.01. The topological polar surface area (TPSA) is 84.5 Å². The van der Waals surface area contributed by atoms with E-state index in [0.717, 1.165) is 15.9 Å². The van der Waals surface area contributed by atoms with E-state index in [1.807, 2.05) is 0 Å². The second kappa shape index (κ2) is 6.31. The lowest BCUT2D eigenvalue weighted by molar-refractivity contribution is -0.137. The minimum absolute atomic E-state index is 0.269. The van der Waals surface area contributed by atoms with Crippen LogP contribution in [0.15, 0.2) is 52.4 Å².